The number of carboxylic acid groups (broad SMARTS) is 1. The van der Waals surface area contributed by atoms with Gasteiger partial charge in [-0.05, 0) is 29.4 Å². The minimum atomic E-state index is -0.786. The van der Waals surface area contributed by atoms with Crippen LogP contribution in [0.4, 0.5) is 0 Å². The molecule has 0 saturated carbocycles. The minimum Gasteiger partial charge on any atom is -0.480 e. The van der Waals surface area contributed by atoms with Crippen molar-refractivity contribution in [1.29, 1.82) is 0 Å². The standard InChI is InChI=1S/C16H25NO2/c1-11(2)9-13-5-7-14(8-6-13)10-17-15(12(3)4)16(18)19/h5-8,11-12,15,17H,9-10H2,1-4H3,(H,18,19)/t15-/m0/s1. The zero-order valence-corrected chi connectivity index (χ0v) is 12.3. The van der Waals surface area contributed by atoms with E-state index in [-0.39, 0.29) is 5.92 Å². The van der Waals surface area contributed by atoms with Crippen LogP contribution in [-0.4, -0.2) is 17.1 Å². The Morgan fingerprint density at radius 2 is 1.63 bits per heavy atom. The molecular formula is C16H25NO2. The van der Waals surface area contributed by atoms with Crippen LogP contribution in [0.15, 0.2) is 24.3 Å². The normalized spacial score (nSPS) is 12.9. The first kappa shape index (κ1) is 15.7. The van der Waals surface area contributed by atoms with E-state index in [0.717, 1.165) is 12.0 Å². The fraction of sp³-hybridized carbons (Fsp3) is 0.562. The Hall–Kier alpha value is -1.35. The van der Waals surface area contributed by atoms with Crippen molar-refractivity contribution in [3.8, 4) is 0 Å². The summed E-state index contributed by atoms with van der Waals surface area (Å²) < 4.78 is 0. The summed E-state index contributed by atoms with van der Waals surface area (Å²) in [4.78, 5) is 11.1. The molecule has 0 fully saturated rings. The molecule has 0 aliphatic heterocycles. The lowest BCUT2D eigenvalue weighted by atomic mass is 10.0. The molecule has 0 unspecified atom stereocenters. The Balaban J connectivity index is 2.56. The van der Waals surface area contributed by atoms with Crippen molar-refractivity contribution in [2.45, 2.75) is 46.7 Å². The average molecular weight is 263 g/mol. The lowest BCUT2D eigenvalue weighted by Crippen LogP contribution is -2.40. The van der Waals surface area contributed by atoms with Gasteiger partial charge in [0.2, 0.25) is 0 Å². The number of benzene rings is 1. The van der Waals surface area contributed by atoms with Crippen molar-refractivity contribution < 1.29 is 9.90 Å². The van der Waals surface area contributed by atoms with E-state index in [1.165, 1.54) is 5.56 Å². The molecule has 0 bridgehead atoms. The second-order valence-corrected chi connectivity index (χ2v) is 5.86. The fourth-order valence-electron chi connectivity index (χ4n) is 2.10. The molecule has 0 aliphatic carbocycles. The fourth-order valence-corrected chi connectivity index (χ4v) is 2.10. The van der Waals surface area contributed by atoms with Crippen molar-refractivity contribution >= 4 is 5.97 Å². The first-order valence-electron chi connectivity index (χ1n) is 6.94. The van der Waals surface area contributed by atoms with Crippen LogP contribution < -0.4 is 5.32 Å². The number of aliphatic carboxylic acids is 1. The van der Waals surface area contributed by atoms with Gasteiger partial charge in [0.1, 0.15) is 6.04 Å². The van der Waals surface area contributed by atoms with Gasteiger partial charge in [0, 0.05) is 6.54 Å². The molecular weight excluding hydrogens is 238 g/mol. The Bertz CT molecular complexity index is 396. The number of carboxylic acids is 1. The van der Waals surface area contributed by atoms with Crippen molar-refractivity contribution in [1.82, 2.24) is 5.32 Å². The molecule has 3 nitrogen and oxygen atoms in total. The van der Waals surface area contributed by atoms with Gasteiger partial charge < -0.3 is 10.4 Å². The lowest BCUT2D eigenvalue weighted by Gasteiger charge is -2.18. The molecule has 1 aromatic rings. The predicted octanol–water partition coefficient (Wildman–Crippen LogP) is 3.08. The number of nitrogens with one attached hydrogen (secondary N) is 1. The Morgan fingerprint density at radius 3 is 2.05 bits per heavy atom. The van der Waals surface area contributed by atoms with Crippen LogP contribution in [0.1, 0.15) is 38.8 Å². The van der Waals surface area contributed by atoms with E-state index < -0.39 is 12.0 Å². The van der Waals surface area contributed by atoms with Gasteiger partial charge >= 0.3 is 5.97 Å². The Kier molecular flexibility index (Phi) is 6.03. The first-order chi connectivity index (χ1) is 8.90. The van der Waals surface area contributed by atoms with Gasteiger partial charge in [-0.25, -0.2) is 0 Å². The summed E-state index contributed by atoms with van der Waals surface area (Å²) in [5, 5.41) is 12.2. The molecule has 1 atom stereocenters. The molecule has 0 spiro atoms. The maximum atomic E-state index is 11.1. The van der Waals surface area contributed by atoms with E-state index in [9.17, 15) is 4.79 Å². The van der Waals surface area contributed by atoms with Gasteiger partial charge in [-0.15, -0.1) is 0 Å². The molecule has 1 rings (SSSR count). The quantitative estimate of drug-likeness (QED) is 0.795. The monoisotopic (exact) mass is 263 g/mol. The van der Waals surface area contributed by atoms with Crippen molar-refractivity contribution in [2.75, 3.05) is 0 Å². The summed E-state index contributed by atoms with van der Waals surface area (Å²) in [5.41, 5.74) is 2.46. The van der Waals surface area contributed by atoms with E-state index in [2.05, 4.69) is 43.4 Å². The van der Waals surface area contributed by atoms with Gasteiger partial charge in [0.15, 0.2) is 0 Å². The molecule has 3 heteroatoms. The zero-order valence-electron chi connectivity index (χ0n) is 12.3. The maximum absolute atomic E-state index is 11.1. The Morgan fingerprint density at radius 1 is 1.11 bits per heavy atom. The topological polar surface area (TPSA) is 49.3 Å². The first-order valence-corrected chi connectivity index (χ1v) is 6.94. The van der Waals surface area contributed by atoms with E-state index >= 15 is 0 Å². The van der Waals surface area contributed by atoms with E-state index in [1.54, 1.807) is 0 Å². The number of hydrogen-bond acceptors (Lipinski definition) is 2. The van der Waals surface area contributed by atoms with Crippen LogP contribution in [0, 0.1) is 11.8 Å². The number of hydrogen-bond donors (Lipinski definition) is 2. The molecule has 0 heterocycles. The van der Waals surface area contributed by atoms with E-state index in [1.807, 2.05) is 13.8 Å². The summed E-state index contributed by atoms with van der Waals surface area (Å²) in [6.45, 7) is 8.83. The van der Waals surface area contributed by atoms with Gasteiger partial charge in [-0.1, -0.05) is 52.0 Å². The SMILES string of the molecule is CC(C)Cc1ccc(CN[C@H](C(=O)O)C(C)C)cc1. The Labute approximate surface area is 116 Å². The summed E-state index contributed by atoms with van der Waals surface area (Å²) in [7, 11) is 0. The third kappa shape index (κ3) is 5.43. The van der Waals surface area contributed by atoms with Gasteiger partial charge in [-0.2, -0.15) is 0 Å². The minimum absolute atomic E-state index is 0.0812. The molecule has 0 aliphatic rings. The number of carbonyl (C=O) groups is 1. The van der Waals surface area contributed by atoms with Gasteiger partial charge in [-0.3, -0.25) is 4.79 Å². The molecule has 1 aromatic carbocycles. The van der Waals surface area contributed by atoms with Crippen molar-refractivity contribution in [3.05, 3.63) is 35.4 Å². The maximum Gasteiger partial charge on any atom is 0.320 e. The van der Waals surface area contributed by atoms with Crippen LogP contribution >= 0.6 is 0 Å². The number of rotatable bonds is 7. The molecule has 19 heavy (non-hydrogen) atoms. The van der Waals surface area contributed by atoms with E-state index in [0.29, 0.717) is 12.5 Å². The van der Waals surface area contributed by atoms with E-state index in [4.69, 9.17) is 5.11 Å². The molecule has 106 valence electrons. The highest BCUT2D eigenvalue weighted by Gasteiger charge is 2.20. The average Bonchev–Trinajstić information content (AvgIpc) is 2.29. The second kappa shape index (κ2) is 7.29. The molecule has 0 aromatic heterocycles. The molecule has 0 radical (unpaired) electrons. The lowest BCUT2D eigenvalue weighted by molar-refractivity contribution is -0.140. The van der Waals surface area contributed by atoms with Crippen LogP contribution in [0.3, 0.4) is 0 Å². The van der Waals surface area contributed by atoms with Gasteiger partial charge in [0.05, 0.1) is 0 Å². The molecule has 0 amide bonds. The predicted molar refractivity (Wildman–Crippen MR) is 78.1 cm³/mol. The van der Waals surface area contributed by atoms with Crippen molar-refractivity contribution in [3.63, 3.8) is 0 Å². The summed E-state index contributed by atoms with van der Waals surface area (Å²) in [6.07, 6.45) is 1.08. The molecule has 0 saturated heterocycles. The van der Waals surface area contributed by atoms with Crippen molar-refractivity contribution in [2.24, 2.45) is 11.8 Å². The highest BCUT2D eigenvalue weighted by Crippen LogP contribution is 2.10. The summed E-state index contributed by atoms with van der Waals surface area (Å²) in [5.74, 6) is -0.0505. The smallest absolute Gasteiger partial charge is 0.320 e. The van der Waals surface area contributed by atoms with Crippen LogP contribution in [0.2, 0.25) is 0 Å². The summed E-state index contributed by atoms with van der Waals surface area (Å²) >= 11 is 0. The summed E-state index contributed by atoms with van der Waals surface area (Å²) in [6, 6.07) is 7.91. The third-order valence-electron chi connectivity index (χ3n) is 3.13. The van der Waals surface area contributed by atoms with Gasteiger partial charge in [0.25, 0.3) is 0 Å². The highest BCUT2D eigenvalue weighted by molar-refractivity contribution is 5.73. The zero-order chi connectivity index (χ0) is 14.4. The third-order valence-corrected chi connectivity index (χ3v) is 3.13. The molecule has 2 N–H and O–H groups in total. The van der Waals surface area contributed by atoms with Crippen LogP contribution in [0.5, 0.6) is 0 Å². The van der Waals surface area contributed by atoms with Crippen LogP contribution in [0.25, 0.3) is 0 Å². The highest BCUT2D eigenvalue weighted by atomic mass is 16.4. The van der Waals surface area contributed by atoms with Crippen LogP contribution in [-0.2, 0) is 17.8 Å². The largest absolute Gasteiger partial charge is 0.480 e. The second-order valence-electron chi connectivity index (χ2n) is 5.86.